The zero-order chi connectivity index (χ0) is 13.4. The molecule has 1 aliphatic rings. The van der Waals surface area contributed by atoms with Gasteiger partial charge in [0.2, 0.25) is 0 Å². The van der Waals surface area contributed by atoms with E-state index in [1.807, 2.05) is 0 Å². The maximum Gasteiger partial charge on any atom is 0.297 e. The van der Waals surface area contributed by atoms with E-state index in [9.17, 15) is 18.5 Å². The molecule has 0 spiro atoms. The molecule has 1 aromatic rings. The Morgan fingerprint density at radius 3 is 2.44 bits per heavy atom. The zero-order valence-electron chi connectivity index (χ0n) is 9.53. The summed E-state index contributed by atoms with van der Waals surface area (Å²) in [5.74, 6) is 0. The van der Waals surface area contributed by atoms with E-state index in [1.54, 1.807) is 6.92 Å². The van der Waals surface area contributed by atoms with Gasteiger partial charge in [0.05, 0.1) is 23.0 Å². The van der Waals surface area contributed by atoms with Crippen LogP contribution in [0.5, 0.6) is 0 Å². The number of hydrogen-bond acceptors (Lipinski definition) is 6. The molecule has 1 saturated heterocycles. The first-order chi connectivity index (χ1) is 8.32. The Bertz CT molecular complexity index is 561. The van der Waals surface area contributed by atoms with Crippen molar-refractivity contribution in [1.29, 1.82) is 0 Å². The number of rotatable bonds is 5. The molecule has 0 saturated carbocycles. The van der Waals surface area contributed by atoms with E-state index in [0.717, 1.165) is 24.3 Å². The van der Waals surface area contributed by atoms with Crippen LogP contribution in [0.25, 0.3) is 0 Å². The molecule has 0 radical (unpaired) electrons. The first-order valence-corrected chi connectivity index (χ1v) is 6.51. The third-order valence-electron chi connectivity index (χ3n) is 2.49. The molecule has 18 heavy (non-hydrogen) atoms. The van der Waals surface area contributed by atoms with Crippen LogP contribution in [0.2, 0.25) is 0 Å². The highest BCUT2D eigenvalue weighted by Gasteiger charge is 2.41. The summed E-state index contributed by atoms with van der Waals surface area (Å²) in [5, 5.41) is 10.4. The van der Waals surface area contributed by atoms with Crippen molar-refractivity contribution in [3.8, 4) is 0 Å². The van der Waals surface area contributed by atoms with Crippen LogP contribution in [-0.4, -0.2) is 32.2 Å². The number of benzene rings is 1. The largest absolute Gasteiger partial charge is 0.367 e. The van der Waals surface area contributed by atoms with Gasteiger partial charge in [-0.1, -0.05) is 0 Å². The molecule has 98 valence electrons. The zero-order valence-corrected chi connectivity index (χ0v) is 10.3. The normalized spacial score (nSPS) is 22.7. The van der Waals surface area contributed by atoms with Crippen molar-refractivity contribution < 1.29 is 22.3 Å². The Hall–Kier alpha value is -1.51. The van der Waals surface area contributed by atoms with Crippen LogP contribution in [0.4, 0.5) is 5.69 Å². The number of nitro groups is 1. The van der Waals surface area contributed by atoms with Gasteiger partial charge in [-0.3, -0.25) is 14.3 Å². The summed E-state index contributed by atoms with van der Waals surface area (Å²) in [7, 11) is -3.90. The van der Waals surface area contributed by atoms with Crippen LogP contribution in [0.1, 0.15) is 6.92 Å². The Labute approximate surface area is 104 Å². The summed E-state index contributed by atoms with van der Waals surface area (Å²) in [6.45, 7) is 2.13. The second kappa shape index (κ2) is 4.30. The second-order valence-corrected chi connectivity index (χ2v) is 5.82. The van der Waals surface area contributed by atoms with Crippen molar-refractivity contribution in [2.24, 2.45) is 0 Å². The molecule has 1 fully saturated rings. The smallest absolute Gasteiger partial charge is 0.297 e. The number of ether oxygens (including phenoxy) is 1. The number of epoxide rings is 1. The van der Waals surface area contributed by atoms with Gasteiger partial charge in [0, 0.05) is 12.1 Å². The fourth-order valence-electron chi connectivity index (χ4n) is 1.21. The van der Waals surface area contributed by atoms with E-state index in [1.165, 1.54) is 0 Å². The lowest BCUT2D eigenvalue weighted by molar-refractivity contribution is -0.384. The minimum atomic E-state index is -3.90. The van der Waals surface area contributed by atoms with Gasteiger partial charge in [0.1, 0.15) is 5.60 Å². The van der Waals surface area contributed by atoms with E-state index < -0.39 is 20.6 Å². The summed E-state index contributed by atoms with van der Waals surface area (Å²) in [5.41, 5.74) is -0.708. The standard InChI is InChI=1S/C10H11NO6S/c1-10(6-16-10)7-17-18(14,15)9-4-2-8(3-5-9)11(12)13/h2-5H,6-7H2,1H3/t10-/m1/s1. The molecule has 1 aliphatic heterocycles. The van der Waals surface area contributed by atoms with Gasteiger partial charge in [0.15, 0.2) is 0 Å². The van der Waals surface area contributed by atoms with Crippen molar-refractivity contribution >= 4 is 15.8 Å². The highest BCUT2D eigenvalue weighted by molar-refractivity contribution is 7.86. The molecule has 0 unspecified atom stereocenters. The third-order valence-corrected chi connectivity index (χ3v) is 3.77. The molecule has 1 aromatic carbocycles. The Morgan fingerprint density at radius 2 is 2.00 bits per heavy atom. The third kappa shape index (κ3) is 2.84. The maximum absolute atomic E-state index is 11.7. The highest BCUT2D eigenvalue weighted by Crippen LogP contribution is 2.27. The van der Waals surface area contributed by atoms with E-state index in [2.05, 4.69) is 0 Å². The van der Waals surface area contributed by atoms with Gasteiger partial charge < -0.3 is 4.74 Å². The lowest BCUT2D eigenvalue weighted by Gasteiger charge is -2.07. The van der Waals surface area contributed by atoms with Crippen molar-refractivity contribution in [3.63, 3.8) is 0 Å². The lowest BCUT2D eigenvalue weighted by Crippen LogP contribution is -2.18. The van der Waals surface area contributed by atoms with Gasteiger partial charge in [-0.05, 0) is 19.1 Å². The first kappa shape index (κ1) is 12.9. The molecule has 8 heteroatoms. The van der Waals surface area contributed by atoms with Gasteiger partial charge in [-0.2, -0.15) is 8.42 Å². The SMILES string of the molecule is C[C@]1(COS(=O)(=O)c2ccc([N+](=O)[O-])cc2)CO1. The monoisotopic (exact) mass is 273 g/mol. The van der Waals surface area contributed by atoms with Crippen LogP contribution in [0.3, 0.4) is 0 Å². The molecule has 0 aliphatic carbocycles. The van der Waals surface area contributed by atoms with Crippen LogP contribution in [0.15, 0.2) is 29.2 Å². The fraction of sp³-hybridized carbons (Fsp3) is 0.400. The van der Waals surface area contributed by atoms with Crippen molar-refractivity contribution in [2.75, 3.05) is 13.2 Å². The predicted molar refractivity (Wildman–Crippen MR) is 60.6 cm³/mol. The second-order valence-electron chi connectivity index (χ2n) is 4.21. The number of nitrogens with zero attached hydrogens (tertiary/aromatic N) is 1. The van der Waals surface area contributed by atoms with E-state index in [4.69, 9.17) is 8.92 Å². The predicted octanol–water partition coefficient (Wildman–Crippen LogP) is 1.09. The lowest BCUT2D eigenvalue weighted by atomic mass is 10.2. The Balaban J connectivity index is 2.11. The number of non-ortho nitro benzene ring substituents is 1. The summed E-state index contributed by atoms with van der Waals surface area (Å²) in [4.78, 5) is 9.72. The van der Waals surface area contributed by atoms with Crippen molar-refractivity contribution in [3.05, 3.63) is 34.4 Å². The molecule has 2 rings (SSSR count). The van der Waals surface area contributed by atoms with Crippen molar-refractivity contribution in [2.45, 2.75) is 17.4 Å². The molecule has 1 atom stereocenters. The van der Waals surface area contributed by atoms with Crippen LogP contribution in [0, 0.1) is 10.1 Å². The first-order valence-electron chi connectivity index (χ1n) is 5.10. The highest BCUT2D eigenvalue weighted by atomic mass is 32.2. The van der Waals surface area contributed by atoms with Gasteiger partial charge in [-0.25, -0.2) is 0 Å². The average Bonchev–Trinajstić information content (AvgIpc) is 3.06. The minimum absolute atomic E-state index is 0.0632. The number of hydrogen-bond donors (Lipinski definition) is 0. The fourth-order valence-corrected chi connectivity index (χ4v) is 2.22. The average molecular weight is 273 g/mol. The van der Waals surface area contributed by atoms with E-state index in [-0.39, 0.29) is 17.2 Å². The molecule has 7 nitrogen and oxygen atoms in total. The maximum atomic E-state index is 11.7. The molecular weight excluding hydrogens is 262 g/mol. The summed E-state index contributed by atoms with van der Waals surface area (Å²) in [6.07, 6.45) is 0. The molecule has 0 amide bonds. The van der Waals surface area contributed by atoms with Crippen LogP contribution >= 0.6 is 0 Å². The van der Waals surface area contributed by atoms with E-state index >= 15 is 0 Å². The van der Waals surface area contributed by atoms with Gasteiger partial charge >= 0.3 is 0 Å². The Morgan fingerprint density at radius 1 is 1.44 bits per heavy atom. The van der Waals surface area contributed by atoms with Gasteiger partial charge in [0.25, 0.3) is 15.8 Å². The topological polar surface area (TPSA) is 99.0 Å². The molecule has 1 heterocycles. The van der Waals surface area contributed by atoms with Crippen LogP contribution in [-0.2, 0) is 19.0 Å². The minimum Gasteiger partial charge on any atom is -0.367 e. The molecule has 0 N–H and O–H groups in total. The van der Waals surface area contributed by atoms with Crippen molar-refractivity contribution in [1.82, 2.24) is 0 Å². The van der Waals surface area contributed by atoms with Gasteiger partial charge in [-0.15, -0.1) is 0 Å². The number of nitro benzene ring substituents is 1. The Kier molecular flexibility index (Phi) is 3.09. The summed E-state index contributed by atoms with van der Waals surface area (Å²) >= 11 is 0. The quantitative estimate of drug-likeness (QED) is 0.344. The molecule has 0 bridgehead atoms. The summed E-state index contributed by atoms with van der Waals surface area (Å²) < 4.78 is 33.3. The molecule has 0 aromatic heterocycles. The van der Waals surface area contributed by atoms with Crippen LogP contribution < -0.4 is 0 Å². The van der Waals surface area contributed by atoms with E-state index in [0.29, 0.717) is 6.61 Å². The summed E-state index contributed by atoms with van der Waals surface area (Å²) in [6, 6.07) is 4.52. The molecular formula is C10H11NO6S.